The van der Waals surface area contributed by atoms with E-state index in [1.165, 1.54) is 0 Å². The second-order valence-electron chi connectivity index (χ2n) is 4.28. The lowest BCUT2D eigenvalue weighted by molar-refractivity contribution is -0.131. The molecule has 3 nitrogen and oxygen atoms in total. The second-order valence-corrected chi connectivity index (χ2v) is 5.16. The van der Waals surface area contributed by atoms with Crippen molar-refractivity contribution in [2.24, 2.45) is 0 Å². The molecule has 5 heteroatoms. The van der Waals surface area contributed by atoms with Crippen LogP contribution in [0.3, 0.4) is 0 Å². The Morgan fingerprint density at radius 1 is 1.05 bits per heavy atom. The summed E-state index contributed by atoms with van der Waals surface area (Å²) < 4.78 is 5.10. The molecule has 0 heterocycles. The first-order chi connectivity index (χ1) is 9.99. The van der Waals surface area contributed by atoms with Crippen LogP contribution >= 0.6 is 23.2 Å². The minimum atomic E-state index is -1.04. The zero-order chi connectivity index (χ0) is 15.4. The zero-order valence-corrected chi connectivity index (χ0v) is 12.7. The topological polar surface area (TPSA) is 46.5 Å². The third-order valence-corrected chi connectivity index (χ3v) is 3.28. The molecule has 2 aromatic carbocycles. The predicted octanol–water partition coefficient (Wildman–Crippen LogP) is 4.52. The van der Waals surface area contributed by atoms with Gasteiger partial charge in [0.1, 0.15) is 5.75 Å². The Morgan fingerprint density at radius 3 is 2.10 bits per heavy atom. The van der Waals surface area contributed by atoms with Crippen molar-refractivity contribution in [2.75, 3.05) is 7.11 Å². The predicted molar refractivity (Wildman–Crippen MR) is 84.2 cm³/mol. The van der Waals surface area contributed by atoms with Crippen molar-refractivity contribution in [3.05, 3.63) is 69.7 Å². The normalized spacial score (nSPS) is 11.3. The lowest BCUT2D eigenvalue weighted by atomic mass is 9.97. The number of aliphatic carboxylic acids is 1. The van der Waals surface area contributed by atoms with Gasteiger partial charge < -0.3 is 9.84 Å². The lowest BCUT2D eigenvalue weighted by Crippen LogP contribution is -1.95. The molecule has 0 fully saturated rings. The van der Waals surface area contributed by atoms with E-state index in [-0.39, 0.29) is 0 Å². The van der Waals surface area contributed by atoms with Gasteiger partial charge >= 0.3 is 5.97 Å². The number of benzene rings is 2. The molecule has 0 radical (unpaired) electrons. The molecule has 2 aromatic rings. The average molecular weight is 323 g/mol. The van der Waals surface area contributed by atoms with Gasteiger partial charge in [0, 0.05) is 16.1 Å². The summed E-state index contributed by atoms with van der Waals surface area (Å²) in [5.41, 5.74) is 1.89. The monoisotopic (exact) mass is 322 g/mol. The molecule has 0 atom stereocenters. The molecular formula is C16H12Cl2O3. The molecule has 0 amide bonds. The smallest absolute Gasteiger partial charge is 0.328 e. The Balaban J connectivity index is 2.55. The van der Waals surface area contributed by atoms with Gasteiger partial charge in [-0.15, -0.1) is 0 Å². The summed E-state index contributed by atoms with van der Waals surface area (Å²) in [5.74, 6) is -0.352. The fraction of sp³-hybridized carbons (Fsp3) is 0.0625. The van der Waals surface area contributed by atoms with E-state index in [2.05, 4.69) is 0 Å². The molecule has 0 saturated carbocycles. The summed E-state index contributed by atoms with van der Waals surface area (Å²) in [4.78, 5) is 11.1. The summed E-state index contributed by atoms with van der Waals surface area (Å²) in [5, 5.41) is 9.97. The summed E-state index contributed by atoms with van der Waals surface area (Å²) in [6.45, 7) is 0. The van der Waals surface area contributed by atoms with Crippen molar-refractivity contribution in [1.82, 2.24) is 0 Å². The number of ether oxygens (including phenoxy) is 1. The van der Waals surface area contributed by atoms with Gasteiger partial charge in [0.25, 0.3) is 0 Å². The molecule has 2 rings (SSSR count). The number of carbonyl (C=O) groups is 1. The highest BCUT2D eigenvalue weighted by molar-refractivity contribution is 6.35. The van der Waals surface area contributed by atoms with Crippen molar-refractivity contribution in [3.63, 3.8) is 0 Å². The number of halogens is 2. The van der Waals surface area contributed by atoms with E-state index in [1.807, 2.05) is 0 Å². The minimum Gasteiger partial charge on any atom is -0.497 e. The fourth-order valence-corrected chi connectivity index (χ4v) is 2.46. The van der Waals surface area contributed by atoms with Crippen LogP contribution in [0.1, 0.15) is 11.1 Å². The van der Waals surface area contributed by atoms with E-state index in [4.69, 9.17) is 33.0 Å². The van der Waals surface area contributed by atoms with Crippen LogP contribution < -0.4 is 4.74 Å². The van der Waals surface area contributed by atoms with Gasteiger partial charge in [-0.25, -0.2) is 4.79 Å². The maximum atomic E-state index is 11.1. The maximum absolute atomic E-state index is 11.1. The first kappa shape index (κ1) is 15.4. The van der Waals surface area contributed by atoms with Crippen LogP contribution in [0.2, 0.25) is 10.0 Å². The van der Waals surface area contributed by atoms with E-state index < -0.39 is 5.97 Å². The van der Waals surface area contributed by atoms with Gasteiger partial charge in [-0.1, -0.05) is 35.3 Å². The van der Waals surface area contributed by atoms with Crippen LogP contribution in [0.25, 0.3) is 5.57 Å². The molecule has 0 aromatic heterocycles. The molecule has 108 valence electrons. The van der Waals surface area contributed by atoms with E-state index in [9.17, 15) is 4.79 Å². The Hall–Kier alpha value is -1.97. The van der Waals surface area contributed by atoms with Crippen molar-refractivity contribution >= 4 is 34.7 Å². The van der Waals surface area contributed by atoms with Crippen molar-refractivity contribution in [1.29, 1.82) is 0 Å². The Kier molecular flexibility index (Phi) is 4.89. The molecule has 0 spiro atoms. The van der Waals surface area contributed by atoms with E-state index in [0.717, 1.165) is 11.6 Å². The van der Waals surface area contributed by atoms with Crippen LogP contribution in [0, 0.1) is 0 Å². The molecule has 0 aliphatic heterocycles. The quantitative estimate of drug-likeness (QED) is 0.842. The highest BCUT2D eigenvalue weighted by Crippen LogP contribution is 2.29. The maximum Gasteiger partial charge on any atom is 0.328 e. The van der Waals surface area contributed by atoms with E-state index in [1.54, 1.807) is 49.6 Å². The average Bonchev–Trinajstić information content (AvgIpc) is 2.43. The SMILES string of the molecule is COc1ccc(/C(=C\C(=O)O)c2cc(Cl)cc(Cl)c2)cc1. The van der Waals surface area contributed by atoms with Crippen LogP contribution in [0.15, 0.2) is 48.5 Å². The van der Waals surface area contributed by atoms with E-state index in [0.29, 0.717) is 26.9 Å². The van der Waals surface area contributed by atoms with Gasteiger partial charge in [0.2, 0.25) is 0 Å². The van der Waals surface area contributed by atoms with Crippen LogP contribution in [-0.4, -0.2) is 18.2 Å². The minimum absolute atomic E-state index is 0.447. The third-order valence-electron chi connectivity index (χ3n) is 2.84. The molecule has 0 saturated heterocycles. The Bertz CT molecular complexity index is 671. The first-order valence-corrected chi connectivity index (χ1v) is 6.80. The number of hydrogen-bond donors (Lipinski definition) is 1. The van der Waals surface area contributed by atoms with Crippen LogP contribution in [0.4, 0.5) is 0 Å². The highest BCUT2D eigenvalue weighted by Gasteiger charge is 2.10. The lowest BCUT2D eigenvalue weighted by Gasteiger charge is -2.10. The van der Waals surface area contributed by atoms with Gasteiger partial charge in [0.15, 0.2) is 0 Å². The van der Waals surface area contributed by atoms with Crippen molar-refractivity contribution in [2.45, 2.75) is 0 Å². The largest absolute Gasteiger partial charge is 0.497 e. The number of methoxy groups -OCH3 is 1. The zero-order valence-electron chi connectivity index (χ0n) is 11.1. The Labute approximate surface area is 132 Å². The number of carboxylic acids is 1. The summed E-state index contributed by atoms with van der Waals surface area (Å²) in [7, 11) is 1.57. The molecular weight excluding hydrogens is 311 g/mol. The third kappa shape index (κ3) is 4.00. The molecule has 1 N–H and O–H groups in total. The molecule has 0 aliphatic carbocycles. The van der Waals surface area contributed by atoms with Crippen LogP contribution in [0.5, 0.6) is 5.75 Å². The summed E-state index contributed by atoms with van der Waals surface area (Å²) in [6.07, 6.45) is 1.13. The Morgan fingerprint density at radius 2 is 1.62 bits per heavy atom. The van der Waals surface area contributed by atoms with Gasteiger partial charge in [-0.2, -0.15) is 0 Å². The van der Waals surface area contributed by atoms with Crippen LogP contribution in [-0.2, 0) is 4.79 Å². The van der Waals surface area contributed by atoms with Gasteiger partial charge in [-0.05, 0) is 47.0 Å². The second kappa shape index (κ2) is 6.66. The summed E-state index contributed by atoms with van der Waals surface area (Å²) >= 11 is 12.0. The number of hydrogen-bond acceptors (Lipinski definition) is 2. The standard InChI is InChI=1S/C16H12Cl2O3/c1-21-14-4-2-10(3-5-14)15(9-16(19)20)11-6-12(17)8-13(18)7-11/h2-9H,1H3,(H,19,20)/b15-9+. The molecule has 0 aliphatic rings. The van der Waals surface area contributed by atoms with Gasteiger partial charge in [0.05, 0.1) is 7.11 Å². The van der Waals surface area contributed by atoms with E-state index >= 15 is 0 Å². The molecule has 21 heavy (non-hydrogen) atoms. The van der Waals surface area contributed by atoms with Gasteiger partial charge in [-0.3, -0.25) is 0 Å². The number of carboxylic acid groups (broad SMARTS) is 1. The summed E-state index contributed by atoms with van der Waals surface area (Å²) in [6, 6.07) is 12.0. The fourth-order valence-electron chi connectivity index (χ4n) is 1.94. The van der Waals surface area contributed by atoms with Crippen molar-refractivity contribution < 1.29 is 14.6 Å². The molecule has 0 bridgehead atoms. The van der Waals surface area contributed by atoms with Crippen molar-refractivity contribution in [3.8, 4) is 5.75 Å². The molecule has 0 unspecified atom stereocenters. The number of rotatable bonds is 4. The first-order valence-electron chi connectivity index (χ1n) is 6.05. The highest BCUT2D eigenvalue weighted by atomic mass is 35.5.